The molecule has 1 aromatic carbocycles. The highest BCUT2D eigenvalue weighted by Gasteiger charge is 2.03. The minimum atomic E-state index is -1.44. The van der Waals surface area contributed by atoms with Gasteiger partial charge in [-0.25, -0.2) is 9.18 Å². The van der Waals surface area contributed by atoms with Crippen LogP contribution < -0.4 is 0 Å². The van der Waals surface area contributed by atoms with Crippen molar-refractivity contribution in [3.8, 4) is 0 Å². The van der Waals surface area contributed by atoms with Gasteiger partial charge in [0, 0.05) is 0 Å². The first-order valence-electron chi connectivity index (χ1n) is 3.49. The number of halogens is 1. The SMILES string of the molecule is O=C(O)C(O)=Cc1cccc(F)c1. The van der Waals surface area contributed by atoms with Gasteiger partial charge in [-0.3, -0.25) is 0 Å². The molecule has 3 nitrogen and oxygen atoms in total. The van der Waals surface area contributed by atoms with Crippen LogP contribution in [0.25, 0.3) is 6.08 Å². The quantitative estimate of drug-likeness (QED) is 0.541. The summed E-state index contributed by atoms with van der Waals surface area (Å²) < 4.78 is 12.6. The van der Waals surface area contributed by atoms with Crippen LogP contribution >= 0.6 is 0 Å². The van der Waals surface area contributed by atoms with E-state index in [1.165, 1.54) is 18.2 Å². The molecule has 1 aromatic rings. The van der Waals surface area contributed by atoms with Gasteiger partial charge in [-0.2, -0.15) is 0 Å². The van der Waals surface area contributed by atoms with Crippen LogP contribution in [0, 0.1) is 5.82 Å². The zero-order valence-corrected chi connectivity index (χ0v) is 6.57. The molecule has 4 heteroatoms. The van der Waals surface area contributed by atoms with Crippen LogP contribution in [-0.2, 0) is 4.79 Å². The number of aliphatic hydroxyl groups excluding tert-OH is 1. The Kier molecular flexibility index (Phi) is 2.64. The van der Waals surface area contributed by atoms with Crippen molar-refractivity contribution in [3.63, 3.8) is 0 Å². The van der Waals surface area contributed by atoms with Crippen molar-refractivity contribution in [1.29, 1.82) is 0 Å². The van der Waals surface area contributed by atoms with Gasteiger partial charge in [-0.15, -0.1) is 0 Å². The second-order valence-corrected chi connectivity index (χ2v) is 2.39. The van der Waals surface area contributed by atoms with Gasteiger partial charge in [0.2, 0.25) is 5.76 Å². The minimum absolute atomic E-state index is 0.305. The molecule has 0 atom stereocenters. The molecule has 1 rings (SSSR count). The summed E-state index contributed by atoms with van der Waals surface area (Å²) in [5.74, 6) is -2.73. The van der Waals surface area contributed by atoms with E-state index in [2.05, 4.69) is 0 Å². The maximum absolute atomic E-state index is 12.6. The summed E-state index contributed by atoms with van der Waals surface area (Å²) in [7, 11) is 0. The summed E-state index contributed by atoms with van der Waals surface area (Å²) in [6.07, 6.45) is 0.978. The van der Waals surface area contributed by atoms with Gasteiger partial charge < -0.3 is 10.2 Å². The van der Waals surface area contributed by atoms with Gasteiger partial charge in [-0.05, 0) is 23.8 Å². The molecule has 0 radical (unpaired) electrons. The molecule has 0 spiro atoms. The van der Waals surface area contributed by atoms with Gasteiger partial charge >= 0.3 is 5.97 Å². The molecule has 0 saturated heterocycles. The fraction of sp³-hybridized carbons (Fsp3) is 0. The molecule has 0 unspecified atom stereocenters. The standard InChI is InChI=1S/C9H7FO3/c10-7-3-1-2-6(4-7)5-8(11)9(12)13/h1-5,11H,(H,12,13). The lowest BCUT2D eigenvalue weighted by Crippen LogP contribution is -1.98. The first kappa shape index (κ1) is 9.25. The number of benzene rings is 1. The first-order valence-corrected chi connectivity index (χ1v) is 3.49. The largest absolute Gasteiger partial charge is 0.502 e. The normalized spacial score (nSPS) is 11.3. The van der Waals surface area contributed by atoms with Crippen LogP contribution in [0.2, 0.25) is 0 Å². The monoisotopic (exact) mass is 182 g/mol. The third-order valence-electron chi connectivity index (χ3n) is 1.37. The van der Waals surface area contributed by atoms with E-state index in [0.29, 0.717) is 5.56 Å². The summed E-state index contributed by atoms with van der Waals surface area (Å²) in [5.41, 5.74) is 0.305. The Labute approximate surface area is 73.8 Å². The molecule has 68 valence electrons. The average molecular weight is 182 g/mol. The number of aliphatic hydroxyl groups is 1. The number of rotatable bonds is 2. The highest BCUT2D eigenvalue weighted by Crippen LogP contribution is 2.07. The van der Waals surface area contributed by atoms with E-state index in [1.54, 1.807) is 0 Å². The third kappa shape index (κ3) is 2.59. The summed E-state index contributed by atoms with van der Waals surface area (Å²) in [6, 6.07) is 5.27. The molecule has 0 aromatic heterocycles. The number of carboxylic acids is 1. The predicted octanol–water partition coefficient (Wildman–Crippen LogP) is 1.81. The molecule has 0 heterocycles. The van der Waals surface area contributed by atoms with Gasteiger partial charge in [0.15, 0.2) is 0 Å². The van der Waals surface area contributed by atoms with Crippen LogP contribution in [0.3, 0.4) is 0 Å². The molecule has 13 heavy (non-hydrogen) atoms. The maximum atomic E-state index is 12.6. The lowest BCUT2D eigenvalue weighted by molar-refractivity contribution is -0.135. The highest BCUT2D eigenvalue weighted by atomic mass is 19.1. The molecule has 2 N–H and O–H groups in total. The third-order valence-corrected chi connectivity index (χ3v) is 1.37. The van der Waals surface area contributed by atoms with Crippen molar-refractivity contribution < 1.29 is 19.4 Å². The number of carbonyl (C=O) groups is 1. The number of aliphatic carboxylic acids is 1. The number of hydrogen-bond donors (Lipinski definition) is 2. The van der Waals surface area contributed by atoms with Crippen molar-refractivity contribution in [2.45, 2.75) is 0 Å². The molecule has 0 aliphatic rings. The molecule has 0 fully saturated rings. The van der Waals surface area contributed by atoms with E-state index in [-0.39, 0.29) is 0 Å². The van der Waals surface area contributed by atoms with Crippen LogP contribution in [0.1, 0.15) is 5.56 Å². The zero-order valence-electron chi connectivity index (χ0n) is 6.57. The Hall–Kier alpha value is -1.84. The highest BCUT2D eigenvalue weighted by molar-refractivity contribution is 5.89. The fourth-order valence-corrected chi connectivity index (χ4v) is 0.816. The zero-order chi connectivity index (χ0) is 9.84. The summed E-state index contributed by atoms with van der Waals surface area (Å²) in [5, 5.41) is 17.1. The van der Waals surface area contributed by atoms with Crippen LogP contribution in [0.5, 0.6) is 0 Å². The van der Waals surface area contributed by atoms with E-state index in [1.807, 2.05) is 0 Å². The van der Waals surface area contributed by atoms with Gasteiger partial charge in [0.05, 0.1) is 0 Å². The van der Waals surface area contributed by atoms with Crippen molar-refractivity contribution in [1.82, 2.24) is 0 Å². The summed E-state index contributed by atoms with van der Waals surface area (Å²) in [6.45, 7) is 0. The second kappa shape index (κ2) is 3.71. The summed E-state index contributed by atoms with van der Waals surface area (Å²) in [4.78, 5) is 10.2. The lowest BCUT2D eigenvalue weighted by atomic mass is 10.2. The van der Waals surface area contributed by atoms with Crippen molar-refractivity contribution in [2.24, 2.45) is 0 Å². The van der Waals surface area contributed by atoms with E-state index in [4.69, 9.17) is 10.2 Å². The minimum Gasteiger partial charge on any atom is -0.502 e. The summed E-state index contributed by atoms with van der Waals surface area (Å²) >= 11 is 0. The maximum Gasteiger partial charge on any atom is 0.370 e. The molecule has 0 amide bonds. The fourth-order valence-electron chi connectivity index (χ4n) is 0.816. The first-order chi connectivity index (χ1) is 6.09. The Morgan fingerprint density at radius 1 is 1.38 bits per heavy atom. The lowest BCUT2D eigenvalue weighted by Gasteiger charge is -1.94. The van der Waals surface area contributed by atoms with Crippen molar-refractivity contribution in [3.05, 3.63) is 41.4 Å². The van der Waals surface area contributed by atoms with E-state index < -0.39 is 17.5 Å². The van der Waals surface area contributed by atoms with Gasteiger partial charge in [-0.1, -0.05) is 12.1 Å². The number of hydrogen-bond acceptors (Lipinski definition) is 2. The predicted molar refractivity (Wildman–Crippen MR) is 44.6 cm³/mol. The van der Waals surface area contributed by atoms with E-state index in [9.17, 15) is 9.18 Å². The molecular weight excluding hydrogens is 175 g/mol. The van der Waals surface area contributed by atoms with Gasteiger partial charge in [0.25, 0.3) is 0 Å². The van der Waals surface area contributed by atoms with Crippen molar-refractivity contribution in [2.75, 3.05) is 0 Å². The Morgan fingerprint density at radius 3 is 2.62 bits per heavy atom. The Bertz CT molecular complexity index is 358. The molecule has 0 bridgehead atoms. The molecule has 0 saturated carbocycles. The Morgan fingerprint density at radius 2 is 2.08 bits per heavy atom. The smallest absolute Gasteiger partial charge is 0.370 e. The molecule has 0 aliphatic carbocycles. The Balaban J connectivity index is 2.97. The number of carboxylic acid groups (broad SMARTS) is 1. The van der Waals surface area contributed by atoms with Gasteiger partial charge in [0.1, 0.15) is 5.82 Å². The average Bonchev–Trinajstić information content (AvgIpc) is 2.04. The second-order valence-electron chi connectivity index (χ2n) is 2.39. The van der Waals surface area contributed by atoms with Crippen LogP contribution in [0.15, 0.2) is 30.0 Å². The molecular formula is C9H7FO3. The van der Waals surface area contributed by atoms with Crippen LogP contribution in [0.4, 0.5) is 4.39 Å². The topological polar surface area (TPSA) is 57.5 Å². The van der Waals surface area contributed by atoms with E-state index in [0.717, 1.165) is 12.1 Å². The molecule has 0 aliphatic heterocycles. The van der Waals surface area contributed by atoms with Crippen molar-refractivity contribution >= 4 is 12.0 Å². The van der Waals surface area contributed by atoms with E-state index >= 15 is 0 Å². The van der Waals surface area contributed by atoms with Crippen LogP contribution in [-0.4, -0.2) is 16.2 Å².